The van der Waals surface area contributed by atoms with Crippen LogP contribution in [0.15, 0.2) is 36.5 Å². The first-order chi connectivity index (χ1) is 10.5. The molecule has 0 atom stereocenters. The zero-order valence-electron chi connectivity index (χ0n) is 11.6. The minimum Gasteiger partial charge on any atom is -0.452 e. The SMILES string of the molecule is Cc1ccc(NC(=O)COC(=O)c2cccnc2Cl)cc1F. The van der Waals surface area contributed by atoms with E-state index in [-0.39, 0.29) is 16.4 Å². The van der Waals surface area contributed by atoms with E-state index >= 15 is 0 Å². The molecule has 1 aromatic carbocycles. The molecule has 1 N–H and O–H groups in total. The molecule has 0 aliphatic heterocycles. The third kappa shape index (κ3) is 4.02. The highest BCUT2D eigenvalue weighted by atomic mass is 35.5. The lowest BCUT2D eigenvalue weighted by molar-refractivity contribution is -0.119. The molecular formula is C15H12ClFN2O3. The summed E-state index contributed by atoms with van der Waals surface area (Å²) in [6.45, 7) is 1.10. The lowest BCUT2D eigenvalue weighted by atomic mass is 10.2. The van der Waals surface area contributed by atoms with Crippen molar-refractivity contribution in [2.75, 3.05) is 11.9 Å². The predicted molar refractivity (Wildman–Crippen MR) is 79.3 cm³/mol. The Kier molecular flexibility index (Phi) is 5.06. The van der Waals surface area contributed by atoms with Crippen LogP contribution < -0.4 is 5.32 Å². The Morgan fingerprint density at radius 2 is 2.14 bits per heavy atom. The number of esters is 1. The van der Waals surface area contributed by atoms with Crippen LogP contribution in [-0.4, -0.2) is 23.5 Å². The van der Waals surface area contributed by atoms with E-state index in [1.807, 2.05) is 0 Å². The number of amides is 1. The van der Waals surface area contributed by atoms with E-state index in [0.717, 1.165) is 0 Å². The second-order valence-electron chi connectivity index (χ2n) is 4.43. The number of ether oxygens (including phenoxy) is 1. The number of aryl methyl sites for hydroxylation is 1. The summed E-state index contributed by atoms with van der Waals surface area (Å²) >= 11 is 5.74. The fourth-order valence-electron chi connectivity index (χ4n) is 1.61. The van der Waals surface area contributed by atoms with Gasteiger partial charge in [0.1, 0.15) is 11.0 Å². The van der Waals surface area contributed by atoms with Crippen molar-refractivity contribution in [3.63, 3.8) is 0 Å². The van der Waals surface area contributed by atoms with E-state index in [1.54, 1.807) is 13.0 Å². The van der Waals surface area contributed by atoms with Crippen molar-refractivity contribution in [3.8, 4) is 0 Å². The van der Waals surface area contributed by atoms with Gasteiger partial charge in [0.25, 0.3) is 5.91 Å². The molecule has 114 valence electrons. The van der Waals surface area contributed by atoms with Crippen LogP contribution in [0.5, 0.6) is 0 Å². The summed E-state index contributed by atoms with van der Waals surface area (Å²) in [7, 11) is 0. The smallest absolute Gasteiger partial charge is 0.341 e. The molecule has 0 bridgehead atoms. The van der Waals surface area contributed by atoms with Gasteiger partial charge in [-0.1, -0.05) is 17.7 Å². The van der Waals surface area contributed by atoms with Crippen LogP contribution in [0.1, 0.15) is 15.9 Å². The zero-order chi connectivity index (χ0) is 16.1. The first kappa shape index (κ1) is 15.9. The molecule has 0 aliphatic carbocycles. The van der Waals surface area contributed by atoms with Crippen molar-refractivity contribution in [2.45, 2.75) is 6.92 Å². The molecule has 7 heteroatoms. The Labute approximate surface area is 131 Å². The lowest BCUT2D eigenvalue weighted by Crippen LogP contribution is -2.21. The Balaban J connectivity index is 1.91. The highest BCUT2D eigenvalue weighted by Gasteiger charge is 2.14. The number of nitrogens with zero attached hydrogens (tertiary/aromatic N) is 1. The van der Waals surface area contributed by atoms with E-state index in [9.17, 15) is 14.0 Å². The molecule has 0 saturated carbocycles. The van der Waals surface area contributed by atoms with Crippen LogP contribution in [0, 0.1) is 12.7 Å². The fourth-order valence-corrected chi connectivity index (χ4v) is 1.81. The Hall–Kier alpha value is -2.47. The van der Waals surface area contributed by atoms with E-state index in [4.69, 9.17) is 16.3 Å². The van der Waals surface area contributed by atoms with E-state index < -0.39 is 24.3 Å². The number of hydrogen-bond donors (Lipinski definition) is 1. The first-order valence-corrected chi connectivity index (χ1v) is 6.69. The molecular weight excluding hydrogens is 311 g/mol. The van der Waals surface area contributed by atoms with Gasteiger partial charge >= 0.3 is 5.97 Å². The number of halogens is 2. The van der Waals surface area contributed by atoms with Gasteiger partial charge in [0.15, 0.2) is 6.61 Å². The van der Waals surface area contributed by atoms with Gasteiger partial charge in [-0.3, -0.25) is 4.79 Å². The topological polar surface area (TPSA) is 68.3 Å². The van der Waals surface area contributed by atoms with Gasteiger partial charge in [-0.05, 0) is 36.8 Å². The van der Waals surface area contributed by atoms with Crippen molar-refractivity contribution in [1.29, 1.82) is 0 Å². The molecule has 0 spiro atoms. The summed E-state index contributed by atoms with van der Waals surface area (Å²) in [6, 6.07) is 7.23. The third-order valence-corrected chi connectivity index (χ3v) is 3.07. The average Bonchev–Trinajstić information content (AvgIpc) is 2.49. The summed E-state index contributed by atoms with van der Waals surface area (Å²) in [6.07, 6.45) is 1.43. The van der Waals surface area contributed by atoms with Crippen LogP contribution in [0.2, 0.25) is 5.15 Å². The quantitative estimate of drug-likeness (QED) is 0.694. The first-order valence-electron chi connectivity index (χ1n) is 6.31. The molecule has 5 nitrogen and oxygen atoms in total. The van der Waals surface area contributed by atoms with Crippen LogP contribution in [0.25, 0.3) is 0 Å². The molecule has 0 unspecified atom stereocenters. The molecule has 2 aromatic rings. The van der Waals surface area contributed by atoms with Crippen molar-refractivity contribution >= 4 is 29.2 Å². The maximum absolute atomic E-state index is 13.4. The summed E-state index contributed by atoms with van der Waals surface area (Å²) in [5.41, 5.74) is 0.817. The highest BCUT2D eigenvalue weighted by molar-refractivity contribution is 6.32. The second kappa shape index (κ2) is 7.00. The molecule has 1 amide bonds. The van der Waals surface area contributed by atoms with Crippen molar-refractivity contribution in [1.82, 2.24) is 4.98 Å². The molecule has 0 fully saturated rings. The summed E-state index contributed by atoms with van der Waals surface area (Å²) < 4.78 is 18.2. The zero-order valence-corrected chi connectivity index (χ0v) is 12.4. The number of rotatable bonds is 4. The van der Waals surface area contributed by atoms with Crippen molar-refractivity contribution in [3.05, 3.63) is 58.6 Å². The summed E-state index contributed by atoms with van der Waals surface area (Å²) in [5.74, 6) is -1.78. The van der Waals surface area contributed by atoms with Crippen LogP contribution in [0.4, 0.5) is 10.1 Å². The van der Waals surface area contributed by atoms with Gasteiger partial charge < -0.3 is 10.1 Å². The molecule has 1 heterocycles. The molecule has 0 saturated heterocycles. The largest absolute Gasteiger partial charge is 0.452 e. The number of nitrogens with one attached hydrogen (secondary N) is 1. The predicted octanol–water partition coefficient (Wildman–Crippen LogP) is 2.98. The number of anilines is 1. The van der Waals surface area contributed by atoms with Crippen LogP contribution >= 0.6 is 11.6 Å². The minimum absolute atomic E-state index is 0.00601. The number of hydrogen-bond acceptors (Lipinski definition) is 4. The summed E-state index contributed by atoms with van der Waals surface area (Å²) in [5, 5.41) is 2.42. The van der Waals surface area contributed by atoms with Gasteiger partial charge in [0.2, 0.25) is 0 Å². The van der Waals surface area contributed by atoms with Gasteiger partial charge in [-0.25, -0.2) is 14.2 Å². The number of carbonyl (C=O) groups excluding carboxylic acids is 2. The monoisotopic (exact) mass is 322 g/mol. The lowest BCUT2D eigenvalue weighted by Gasteiger charge is -2.08. The molecule has 22 heavy (non-hydrogen) atoms. The van der Waals surface area contributed by atoms with Crippen molar-refractivity contribution in [2.24, 2.45) is 0 Å². The van der Waals surface area contributed by atoms with E-state index in [0.29, 0.717) is 5.56 Å². The Morgan fingerprint density at radius 1 is 1.36 bits per heavy atom. The summed E-state index contributed by atoms with van der Waals surface area (Å²) in [4.78, 5) is 27.1. The average molecular weight is 323 g/mol. The molecule has 2 rings (SSSR count). The minimum atomic E-state index is -0.761. The number of benzene rings is 1. The Bertz CT molecular complexity index is 722. The maximum Gasteiger partial charge on any atom is 0.341 e. The third-order valence-electron chi connectivity index (χ3n) is 2.77. The van der Waals surface area contributed by atoms with Gasteiger partial charge in [0.05, 0.1) is 5.56 Å². The number of aromatic nitrogens is 1. The van der Waals surface area contributed by atoms with E-state index in [1.165, 1.54) is 30.5 Å². The normalized spacial score (nSPS) is 10.1. The van der Waals surface area contributed by atoms with Crippen molar-refractivity contribution < 1.29 is 18.7 Å². The molecule has 1 aromatic heterocycles. The number of pyridine rings is 1. The molecule has 0 radical (unpaired) electrons. The van der Waals surface area contributed by atoms with Gasteiger partial charge in [-0.15, -0.1) is 0 Å². The fraction of sp³-hybridized carbons (Fsp3) is 0.133. The second-order valence-corrected chi connectivity index (χ2v) is 4.79. The van der Waals surface area contributed by atoms with Crippen LogP contribution in [-0.2, 0) is 9.53 Å². The van der Waals surface area contributed by atoms with E-state index in [2.05, 4.69) is 10.3 Å². The highest BCUT2D eigenvalue weighted by Crippen LogP contribution is 2.14. The standard InChI is InChI=1S/C15H12ClFN2O3/c1-9-4-5-10(7-12(9)17)19-13(20)8-22-15(21)11-3-2-6-18-14(11)16/h2-7H,8H2,1H3,(H,19,20). The van der Waals surface area contributed by atoms with Crippen LogP contribution in [0.3, 0.4) is 0 Å². The number of carbonyl (C=O) groups is 2. The molecule has 0 aliphatic rings. The van der Waals surface area contributed by atoms with Gasteiger partial charge in [-0.2, -0.15) is 0 Å². The maximum atomic E-state index is 13.4. The van der Waals surface area contributed by atoms with Gasteiger partial charge in [0, 0.05) is 11.9 Å². The Morgan fingerprint density at radius 3 is 2.82 bits per heavy atom.